The Bertz CT molecular complexity index is 308. The third-order valence-corrected chi connectivity index (χ3v) is 3.70. The number of thiazole rings is 1. The normalized spacial score (nSPS) is 26.7. The van der Waals surface area contributed by atoms with Crippen molar-refractivity contribution in [2.24, 2.45) is 0 Å². The summed E-state index contributed by atoms with van der Waals surface area (Å²) in [6.45, 7) is 10.0. The Morgan fingerprint density at radius 1 is 1.67 bits per heavy atom. The monoisotopic (exact) mass is 225 g/mol. The molecule has 15 heavy (non-hydrogen) atoms. The van der Waals surface area contributed by atoms with Gasteiger partial charge in [0, 0.05) is 42.3 Å². The Hall–Kier alpha value is -0.450. The van der Waals surface area contributed by atoms with Gasteiger partial charge in [-0.2, -0.15) is 0 Å². The van der Waals surface area contributed by atoms with E-state index >= 15 is 0 Å². The quantitative estimate of drug-likeness (QED) is 0.830. The molecular weight excluding hydrogens is 206 g/mol. The summed E-state index contributed by atoms with van der Waals surface area (Å²) in [4.78, 5) is 8.02. The van der Waals surface area contributed by atoms with Gasteiger partial charge in [0.25, 0.3) is 0 Å². The molecule has 2 heterocycles. The molecular formula is C11H19N3S. The first-order valence-corrected chi connectivity index (χ1v) is 6.31. The maximum atomic E-state index is 4.13. The summed E-state index contributed by atoms with van der Waals surface area (Å²) in [7, 11) is 0. The van der Waals surface area contributed by atoms with Crippen molar-refractivity contribution in [2.45, 2.75) is 38.9 Å². The summed E-state index contributed by atoms with van der Waals surface area (Å²) < 4.78 is 0. The van der Waals surface area contributed by atoms with Gasteiger partial charge in [0.15, 0.2) is 0 Å². The predicted octanol–water partition coefficient (Wildman–Crippen LogP) is 1.72. The lowest BCUT2D eigenvalue weighted by Gasteiger charge is -2.43. The van der Waals surface area contributed by atoms with Crippen LogP contribution in [0.4, 0.5) is 0 Å². The van der Waals surface area contributed by atoms with E-state index in [2.05, 4.69) is 36.0 Å². The SMILES string of the molecule is CC1CNC(C)(C)CN1Cc1cncs1. The fourth-order valence-corrected chi connectivity index (χ4v) is 2.62. The molecule has 1 saturated heterocycles. The number of piperazine rings is 1. The molecule has 1 N–H and O–H groups in total. The van der Waals surface area contributed by atoms with Crippen LogP contribution in [0, 0.1) is 0 Å². The number of nitrogens with one attached hydrogen (secondary N) is 1. The molecule has 0 spiro atoms. The lowest BCUT2D eigenvalue weighted by atomic mass is 9.99. The van der Waals surface area contributed by atoms with Crippen LogP contribution in [0.2, 0.25) is 0 Å². The van der Waals surface area contributed by atoms with E-state index in [0.717, 1.165) is 19.6 Å². The first-order chi connectivity index (χ1) is 7.07. The van der Waals surface area contributed by atoms with Gasteiger partial charge in [-0.3, -0.25) is 9.88 Å². The summed E-state index contributed by atoms with van der Waals surface area (Å²) in [5.41, 5.74) is 2.14. The molecule has 1 unspecified atom stereocenters. The van der Waals surface area contributed by atoms with Crippen LogP contribution in [0.15, 0.2) is 11.7 Å². The summed E-state index contributed by atoms with van der Waals surface area (Å²) in [6, 6.07) is 0.611. The Morgan fingerprint density at radius 2 is 2.47 bits per heavy atom. The molecule has 1 atom stereocenters. The third kappa shape index (κ3) is 2.77. The standard InChI is InChI=1S/C11H19N3S/c1-9-4-13-11(2,3)7-14(9)6-10-5-12-8-15-10/h5,8-9,13H,4,6-7H2,1-3H3. The van der Waals surface area contributed by atoms with E-state index in [0.29, 0.717) is 6.04 Å². The summed E-state index contributed by atoms with van der Waals surface area (Å²) in [5, 5.41) is 3.56. The lowest BCUT2D eigenvalue weighted by molar-refractivity contribution is 0.0987. The lowest BCUT2D eigenvalue weighted by Crippen LogP contribution is -2.60. The molecule has 3 nitrogen and oxygen atoms in total. The van der Waals surface area contributed by atoms with E-state index in [4.69, 9.17) is 0 Å². The van der Waals surface area contributed by atoms with Crippen molar-refractivity contribution in [1.29, 1.82) is 0 Å². The minimum atomic E-state index is 0.233. The highest BCUT2D eigenvalue weighted by atomic mass is 32.1. The van der Waals surface area contributed by atoms with Gasteiger partial charge < -0.3 is 5.32 Å². The van der Waals surface area contributed by atoms with Crippen molar-refractivity contribution >= 4 is 11.3 Å². The zero-order chi connectivity index (χ0) is 10.9. The van der Waals surface area contributed by atoms with Crippen molar-refractivity contribution in [2.75, 3.05) is 13.1 Å². The fraction of sp³-hybridized carbons (Fsp3) is 0.727. The molecule has 0 amide bonds. The average molecular weight is 225 g/mol. The summed E-state index contributed by atoms with van der Waals surface area (Å²) in [5.74, 6) is 0. The zero-order valence-corrected chi connectivity index (χ0v) is 10.5. The summed E-state index contributed by atoms with van der Waals surface area (Å²) >= 11 is 1.75. The van der Waals surface area contributed by atoms with Gasteiger partial charge in [0.1, 0.15) is 0 Å². The van der Waals surface area contributed by atoms with E-state index in [1.54, 1.807) is 11.3 Å². The minimum Gasteiger partial charge on any atom is -0.309 e. The second kappa shape index (κ2) is 4.20. The second-order valence-electron chi connectivity index (χ2n) is 4.99. The number of hydrogen-bond donors (Lipinski definition) is 1. The molecule has 0 radical (unpaired) electrons. The van der Waals surface area contributed by atoms with Crippen molar-refractivity contribution in [3.05, 3.63) is 16.6 Å². The minimum absolute atomic E-state index is 0.233. The highest BCUT2D eigenvalue weighted by Crippen LogP contribution is 2.19. The van der Waals surface area contributed by atoms with Crippen LogP contribution in [0.25, 0.3) is 0 Å². The van der Waals surface area contributed by atoms with E-state index < -0.39 is 0 Å². The molecule has 0 aliphatic carbocycles. The van der Waals surface area contributed by atoms with E-state index in [1.807, 2.05) is 11.7 Å². The maximum absolute atomic E-state index is 4.13. The van der Waals surface area contributed by atoms with Crippen molar-refractivity contribution in [1.82, 2.24) is 15.2 Å². The van der Waals surface area contributed by atoms with Gasteiger partial charge in [-0.1, -0.05) is 0 Å². The first kappa shape index (κ1) is 11.0. The van der Waals surface area contributed by atoms with Crippen LogP contribution >= 0.6 is 11.3 Å². The van der Waals surface area contributed by atoms with Gasteiger partial charge in [-0.05, 0) is 20.8 Å². The molecule has 1 aromatic rings. The highest BCUT2D eigenvalue weighted by molar-refractivity contribution is 7.09. The van der Waals surface area contributed by atoms with Crippen LogP contribution in [0.1, 0.15) is 25.6 Å². The smallest absolute Gasteiger partial charge is 0.0794 e. The molecule has 1 aromatic heterocycles. The van der Waals surface area contributed by atoms with Gasteiger partial charge >= 0.3 is 0 Å². The van der Waals surface area contributed by atoms with E-state index in [1.165, 1.54) is 4.88 Å². The van der Waals surface area contributed by atoms with Crippen LogP contribution in [-0.2, 0) is 6.54 Å². The van der Waals surface area contributed by atoms with Crippen LogP contribution in [0.3, 0.4) is 0 Å². The van der Waals surface area contributed by atoms with Crippen LogP contribution in [0.5, 0.6) is 0 Å². The number of rotatable bonds is 2. The number of aromatic nitrogens is 1. The van der Waals surface area contributed by atoms with Gasteiger partial charge in [-0.25, -0.2) is 0 Å². The summed E-state index contributed by atoms with van der Waals surface area (Å²) in [6.07, 6.45) is 1.98. The maximum Gasteiger partial charge on any atom is 0.0794 e. The average Bonchev–Trinajstić information content (AvgIpc) is 2.64. The van der Waals surface area contributed by atoms with Crippen molar-refractivity contribution in [3.63, 3.8) is 0 Å². The Balaban J connectivity index is 2.01. The first-order valence-electron chi connectivity index (χ1n) is 5.43. The number of hydrogen-bond acceptors (Lipinski definition) is 4. The Kier molecular flexibility index (Phi) is 3.09. The predicted molar refractivity (Wildman–Crippen MR) is 64.1 cm³/mol. The van der Waals surface area contributed by atoms with E-state index in [-0.39, 0.29) is 5.54 Å². The molecule has 1 aliphatic rings. The topological polar surface area (TPSA) is 28.2 Å². The molecule has 1 fully saturated rings. The molecule has 1 aliphatic heterocycles. The van der Waals surface area contributed by atoms with Gasteiger partial charge in [0.2, 0.25) is 0 Å². The molecule has 0 aromatic carbocycles. The molecule has 4 heteroatoms. The molecule has 0 saturated carbocycles. The van der Waals surface area contributed by atoms with Gasteiger partial charge in [-0.15, -0.1) is 11.3 Å². The molecule has 84 valence electrons. The second-order valence-corrected chi connectivity index (χ2v) is 5.96. The Morgan fingerprint density at radius 3 is 3.13 bits per heavy atom. The van der Waals surface area contributed by atoms with Crippen LogP contribution < -0.4 is 5.32 Å². The number of nitrogens with zero attached hydrogens (tertiary/aromatic N) is 2. The third-order valence-electron chi connectivity index (χ3n) is 2.94. The van der Waals surface area contributed by atoms with E-state index in [9.17, 15) is 0 Å². The molecule has 0 bridgehead atoms. The Labute approximate surface area is 95.5 Å². The van der Waals surface area contributed by atoms with Crippen molar-refractivity contribution < 1.29 is 0 Å². The largest absolute Gasteiger partial charge is 0.309 e. The van der Waals surface area contributed by atoms with Gasteiger partial charge in [0.05, 0.1) is 5.51 Å². The molecule has 2 rings (SSSR count). The fourth-order valence-electron chi connectivity index (χ4n) is 2.00. The zero-order valence-electron chi connectivity index (χ0n) is 9.66. The highest BCUT2D eigenvalue weighted by Gasteiger charge is 2.30. The van der Waals surface area contributed by atoms with Crippen LogP contribution in [-0.4, -0.2) is 34.6 Å². The van der Waals surface area contributed by atoms with Crippen molar-refractivity contribution in [3.8, 4) is 0 Å².